The minimum Gasteiger partial charge on any atom is -0.477 e. The largest absolute Gasteiger partial charge is 0.477 e. The van der Waals surface area contributed by atoms with Crippen LogP contribution in [0.15, 0.2) is 48.5 Å². The lowest BCUT2D eigenvalue weighted by Crippen LogP contribution is -2.10. The predicted octanol–water partition coefficient (Wildman–Crippen LogP) is 4.83. The molecular weight excluding hydrogens is 274 g/mol. The lowest BCUT2D eigenvalue weighted by molar-refractivity contribution is 0.0691. The number of carbonyl (C=O) groups is 1. The molecule has 0 saturated carbocycles. The number of carboxylic acids is 1. The standard InChI is InChI=1S/C19H19NO2/c1-19(2,3)15-8-6-12(7-9-15)13-4-5-14-11-17(18(21)22)20-16(14)10-13/h4-11,20H,1-3H3,(H,21,22). The van der Waals surface area contributed by atoms with Crippen molar-refractivity contribution >= 4 is 16.9 Å². The Bertz CT molecular complexity index is 836. The van der Waals surface area contributed by atoms with Crippen molar-refractivity contribution in [3.8, 4) is 11.1 Å². The molecule has 2 N–H and O–H groups in total. The van der Waals surface area contributed by atoms with Crippen molar-refractivity contribution in [3.05, 3.63) is 59.8 Å². The average Bonchev–Trinajstić information content (AvgIpc) is 2.89. The molecule has 0 bridgehead atoms. The van der Waals surface area contributed by atoms with E-state index in [9.17, 15) is 4.79 Å². The first kappa shape index (κ1) is 14.4. The normalized spacial score (nSPS) is 11.8. The molecular formula is C19H19NO2. The zero-order chi connectivity index (χ0) is 15.9. The van der Waals surface area contributed by atoms with Crippen LogP contribution in [-0.4, -0.2) is 16.1 Å². The fourth-order valence-electron chi connectivity index (χ4n) is 2.58. The summed E-state index contributed by atoms with van der Waals surface area (Å²) in [5.74, 6) is -0.938. The number of hydrogen-bond acceptors (Lipinski definition) is 1. The fourth-order valence-corrected chi connectivity index (χ4v) is 2.58. The molecule has 22 heavy (non-hydrogen) atoms. The van der Waals surface area contributed by atoms with Gasteiger partial charge in [0.05, 0.1) is 0 Å². The summed E-state index contributed by atoms with van der Waals surface area (Å²) in [6.07, 6.45) is 0. The van der Waals surface area contributed by atoms with Gasteiger partial charge < -0.3 is 10.1 Å². The Morgan fingerprint density at radius 1 is 0.955 bits per heavy atom. The summed E-state index contributed by atoms with van der Waals surface area (Å²) in [7, 11) is 0. The summed E-state index contributed by atoms with van der Waals surface area (Å²) in [6.45, 7) is 6.58. The highest BCUT2D eigenvalue weighted by Crippen LogP contribution is 2.28. The number of aromatic amines is 1. The molecule has 0 aliphatic carbocycles. The Hall–Kier alpha value is -2.55. The van der Waals surface area contributed by atoms with E-state index in [1.807, 2.05) is 18.2 Å². The van der Waals surface area contributed by atoms with E-state index in [4.69, 9.17) is 5.11 Å². The van der Waals surface area contributed by atoms with E-state index in [1.54, 1.807) is 6.07 Å². The van der Waals surface area contributed by atoms with Crippen molar-refractivity contribution in [2.24, 2.45) is 0 Å². The number of rotatable bonds is 2. The molecule has 1 aromatic heterocycles. The number of nitrogens with one attached hydrogen (secondary N) is 1. The molecule has 0 saturated heterocycles. The fraction of sp³-hybridized carbons (Fsp3) is 0.211. The van der Waals surface area contributed by atoms with Crippen LogP contribution in [0.3, 0.4) is 0 Å². The Morgan fingerprint density at radius 2 is 1.59 bits per heavy atom. The van der Waals surface area contributed by atoms with E-state index in [2.05, 4.69) is 50.0 Å². The summed E-state index contributed by atoms with van der Waals surface area (Å²) < 4.78 is 0. The van der Waals surface area contributed by atoms with E-state index in [1.165, 1.54) is 5.56 Å². The Kier molecular flexibility index (Phi) is 3.28. The molecule has 3 rings (SSSR count). The van der Waals surface area contributed by atoms with E-state index in [-0.39, 0.29) is 11.1 Å². The molecule has 0 atom stereocenters. The van der Waals surface area contributed by atoms with Gasteiger partial charge in [-0.05, 0) is 34.2 Å². The molecule has 0 amide bonds. The van der Waals surface area contributed by atoms with Gasteiger partial charge in [0, 0.05) is 10.9 Å². The van der Waals surface area contributed by atoms with E-state index in [0.29, 0.717) is 0 Å². The molecule has 0 fully saturated rings. The molecule has 1 heterocycles. The monoisotopic (exact) mass is 293 g/mol. The third-order valence-electron chi connectivity index (χ3n) is 3.94. The van der Waals surface area contributed by atoms with Crippen molar-refractivity contribution in [2.45, 2.75) is 26.2 Å². The van der Waals surface area contributed by atoms with Gasteiger partial charge in [-0.15, -0.1) is 0 Å². The minimum absolute atomic E-state index is 0.137. The predicted molar refractivity (Wildman–Crippen MR) is 89.4 cm³/mol. The van der Waals surface area contributed by atoms with Gasteiger partial charge >= 0.3 is 5.97 Å². The Morgan fingerprint density at radius 3 is 2.18 bits per heavy atom. The molecule has 3 aromatic rings. The van der Waals surface area contributed by atoms with Gasteiger partial charge in [-0.3, -0.25) is 0 Å². The van der Waals surface area contributed by atoms with Crippen molar-refractivity contribution < 1.29 is 9.90 Å². The van der Waals surface area contributed by atoms with Gasteiger partial charge in [-0.1, -0.05) is 57.2 Å². The summed E-state index contributed by atoms with van der Waals surface area (Å²) in [5.41, 5.74) is 4.70. The third kappa shape index (κ3) is 2.62. The number of hydrogen-bond donors (Lipinski definition) is 2. The third-order valence-corrected chi connectivity index (χ3v) is 3.94. The maximum Gasteiger partial charge on any atom is 0.352 e. The molecule has 0 unspecified atom stereocenters. The highest BCUT2D eigenvalue weighted by Gasteiger charge is 2.13. The first-order valence-electron chi connectivity index (χ1n) is 7.31. The molecule has 0 aliphatic rings. The second-order valence-electron chi connectivity index (χ2n) is 6.62. The van der Waals surface area contributed by atoms with Gasteiger partial charge in [0.15, 0.2) is 0 Å². The second kappa shape index (κ2) is 5.02. The summed E-state index contributed by atoms with van der Waals surface area (Å²) in [5, 5.41) is 9.96. The number of benzene rings is 2. The van der Waals surface area contributed by atoms with Crippen LogP contribution in [0.4, 0.5) is 0 Å². The van der Waals surface area contributed by atoms with Gasteiger partial charge in [0.1, 0.15) is 5.69 Å². The summed E-state index contributed by atoms with van der Waals surface area (Å²) >= 11 is 0. The van der Waals surface area contributed by atoms with Crippen LogP contribution >= 0.6 is 0 Å². The van der Waals surface area contributed by atoms with Crippen LogP contribution in [-0.2, 0) is 5.41 Å². The zero-order valence-electron chi connectivity index (χ0n) is 13.0. The molecule has 0 radical (unpaired) electrons. The van der Waals surface area contributed by atoms with Crippen LogP contribution in [0.1, 0.15) is 36.8 Å². The first-order valence-corrected chi connectivity index (χ1v) is 7.31. The highest BCUT2D eigenvalue weighted by atomic mass is 16.4. The van der Waals surface area contributed by atoms with Crippen LogP contribution in [0.25, 0.3) is 22.0 Å². The number of aromatic nitrogens is 1. The van der Waals surface area contributed by atoms with E-state index in [0.717, 1.165) is 22.0 Å². The van der Waals surface area contributed by atoms with Crippen molar-refractivity contribution in [3.63, 3.8) is 0 Å². The molecule has 0 spiro atoms. The molecule has 2 aromatic carbocycles. The molecule has 3 heteroatoms. The lowest BCUT2D eigenvalue weighted by Gasteiger charge is -2.19. The second-order valence-corrected chi connectivity index (χ2v) is 6.62. The maximum atomic E-state index is 11.0. The first-order chi connectivity index (χ1) is 10.3. The van der Waals surface area contributed by atoms with Crippen LogP contribution < -0.4 is 0 Å². The zero-order valence-corrected chi connectivity index (χ0v) is 13.0. The Balaban J connectivity index is 2.01. The van der Waals surface area contributed by atoms with Gasteiger partial charge in [-0.2, -0.15) is 0 Å². The number of aromatic carboxylic acids is 1. The number of H-pyrrole nitrogens is 1. The van der Waals surface area contributed by atoms with Gasteiger partial charge in [0.25, 0.3) is 0 Å². The van der Waals surface area contributed by atoms with Crippen molar-refractivity contribution in [1.82, 2.24) is 4.98 Å². The van der Waals surface area contributed by atoms with Crippen LogP contribution in [0.2, 0.25) is 0 Å². The van der Waals surface area contributed by atoms with Crippen LogP contribution in [0.5, 0.6) is 0 Å². The number of fused-ring (bicyclic) bond motifs is 1. The SMILES string of the molecule is CC(C)(C)c1ccc(-c2ccc3cc(C(=O)O)[nH]c3c2)cc1. The highest BCUT2D eigenvalue weighted by molar-refractivity contribution is 5.95. The quantitative estimate of drug-likeness (QED) is 0.711. The molecule has 0 aliphatic heterocycles. The smallest absolute Gasteiger partial charge is 0.352 e. The van der Waals surface area contributed by atoms with Crippen LogP contribution in [0, 0.1) is 0 Å². The van der Waals surface area contributed by atoms with Gasteiger partial charge in [0.2, 0.25) is 0 Å². The summed E-state index contributed by atoms with van der Waals surface area (Å²) in [4.78, 5) is 14.0. The lowest BCUT2D eigenvalue weighted by atomic mass is 9.86. The van der Waals surface area contributed by atoms with Crippen molar-refractivity contribution in [1.29, 1.82) is 0 Å². The van der Waals surface area contributed by atoms with Crippen molar-refractivity contribution in [2.75, 3.05) is 0 Å². The number of carboxylic acid groups (broad SMARTS) is 1. The maximum absolute atomic E-state index is 11.0. The minimum atomic E-state index is -0.938. The van der Waals surface area contributed by atoms with E-state index >= 15 is 0 Å². The van der Waals surface area contributed by atoms with Gasteiger partial charge in [-0.25, -0.2) is 4.79 Å². The molecule has 112 valence electrons. The summed E-state index contributed by atoms with van der Waals surface area (Å²) in [6, 6.07) is 16.1. The van der Waals surface area contributed by atoms with E-state index < -0.39 is 5.97 Å². The molecule has 3 nitrogen and oxygen atoms in total. The Labute approximate surface area is 129 Å². The topological polar surface area (TPSA) is 53.1 Å². The average molecular weight is 293 g/mol.